The van der Waals surface area contributed by atoms with Crippen molar-refractivity contribution in [1.29, 1.82) is 0 Å². The van der Waals surface area contributed by atoms with Crippen LogP contribution in [0.4, 0.5) is 10.1 Å². The third-order valence-corrected chi connectivity index (χ3v) is 6.43. The van der Waals surface area contributed by atoms with Crippen LogP contribution in [0.1, 0.15) is 5.89 Å². The van der Waals surface area contributed by atoms with Gasteiger partial charge in [0.05, 0.1) is 16.1 Å². The number of nitro groups is 1. The molecule has 0 spiro atoms. The zero-order valence-corrected chi connectivity index (χ0v) is 18.2. The number of thioether (sulfide) groups is 1. The topological polar surface area (TPSA) is 128 Å². The Bertz CT molecular complexity index is 1530. The molecule has 5 rings (SSSR count). The van der Waals surface area contributed by atoms with Crippen molar-refractivity contribution >= 4 is 39.0 Å². The van der Waals surface area contributed by atoms with Crippen LogP contribution < -0.4 is 5.56 Å². The first-order valence-electron chi connectivity index (χ1n) is 9.45. The van der Waals surface area contributed by atoms with Crippen LogP contribution in [0.3, 0.4) is 0 Å². The first-order valence-corrected chi connectivity index (χ1v) is 11.3. The Labute approximate surface area is 192 Å². The van der Waals surface area contributed by atoms with E-state index in [2.05, 4.69) is 20.2 Å². The zero-order valence-electron chi connectivity index (χ0n) is 16.5. The summed E-state index contributed by atoms with van der Waals surface area (Å²) in [5, 5.41) is 21.4. The number of H-pyrrole nitrogens is 1. The summed E-state index contributed by atoms with van der Waals surface area (Å²) >= 11 is 2.56. The molecule has 3 heterocycles. The molecule has 0 aliphatic heterocycles. The van der Waals surface area contributed by atoms with Gasteiger partial charge in [-0.25, -0.2) is 9.37 Å². The van der Waals surface area contributed by atoms with E-state index in [1.54, 1.807) is 12.1 Å². The SMILES string of the molecule is O=c1[nH]c(SCc2nnc(-c3ccc([N+](=O)[O-])cc3)o2)nc2scc(-c3ccc(F)cc3)c12. The lowest BCUT2D eigenvalue weighted by molar-refractivity contribution is -0.384. The van der Waals surface area contributed by atoms with Gasteiger partial charge < -0.3 is 9.40 Å². The number of hydrogen-bond acceptors (Lipinski definition) is 9. The number of fused-ring (bicyclic) bond motifs is 1. The second-order valence-electron chi connectivity index (χ2n) is 6.80. The summed E-state index contributed by atoms with van der Waals surface area (Å²) in [5.41, 5.74) is 1.67. The quantitative estimate of drug-likeness (QED) is 0.155. The third kappa shape index (κ3) is 4.25. The lowest BCUT2D eigenvalue weighted by Crippen LogP contribution is -2.08. The lowest BCUT2D eigenvalue weighted by Gasteiger charge is -2.01. The minimum absolute atomic E-state index is 0.0318. The molecule has 3 aromatic heterocycles. The van der Waals surface area contributed by atoms with Crippen molar-refractivity contribution in [2.24, 2.45) is 0 Å². The van der Waals surface area contributed by atoms with Crippen LogP contribution >= 0.6 is 23.1 Å². The molecule has 33 heavy (non-hydrogen) atoms. The molecule has 0 atom stereocenters. The Morgan fingerprint density at radius 1 is 1.09 bits per heavy atom. The van der Waals surface area contributed by atoms with E-state index in [0.29, 0.717) is 32.4 Å². The predicted molar refractivity (Wildman–Crippen MR) is 122 cm³/mol. The van der Waals surface area contributed by atoms with Gasteiger partial charge in [0.15, 0.2) is 5.16 Å². The van der Waals surface area contributed by atoms with Gasteiger partial charge >= 0.3 is 0 Å². The van der Waals surface area contributed by atoms with Crippen molar-refractivity contribution < 1.29 is 13.7 Å². The lowest BCUT2D eigenvalue weighted by atomic mass is 10.1. The highest BCUT2D eigenvalue weighted by molar-refractivity contribution is 7.98. The molecule has 0 saturated heterocycles. The van der Waals surface area contributed by atoms with Crippen LogP contribution in [0.25, 0.3) is 32.8 Å². The highest BCUT2D eigenvalue weighted by Crippen LogP contribution is 2.32. The summed E-state index contributed by atoms with van der Waals surface area (Å²) in [5.74, 6) is 0.473. The molecule has 12 heteroatoms. The van der Waals surface area contributed by atoms with Crippen molar-refractivity contribution in [2.75, 3.05) is 0 Å². The number of benzene rings is 2. The highest BCUT2D eigenvalue weighted by Gasteiger charge is 2.15. The summed E-state index contributed by atoms with van der Waals surface area (Å²) in [6, 6.07) is 11.7. The van der Waals surface area contributed by atoms with Gasteiger partial charge in [0.1, 0.15) is 10.6 Å². The number of nitro benzene ring substituents is 1. The van der Waals surface area contributed by atoms with Crippen LogP contribution in [0, 0.1) is 15.9 Å². The number of aromatic nitrogens is 4. The summed E-state index contributed by atoms with van der Waals surface area (Å²) in [6.45, 7) is 0. The molecule has 9 nitrogen and oxygen atoms in total. The Balaban J connectivity index is 1.34. The Hall–Kier alpha value is -3.90. The number of thiophene rings is 1. The van der Waals surface area contributed by atoms with E-state index < -0.39 is 4.92 Å². The van der Waals surface area contributed by atoms with Gasteiger partial charge in [-0.3, -0.25) is 14.9 Å². The molecule has 0 bridgehead atoms. The van der Waals surface area contributed by atoms with Crippen molar-refractivity contribution in [3.8, 4) is 22.6 Å². The Kier molecular flexibility index (Phi) is 5.44. The van der Waals surface area contributed by atoms with E-state index in [-0.39, 0.29) is 28.7 Å². The first-order chi connectivity index (χ1) is 16.0. The fourth-order valence-electron chi connectivity index (χ4n) is 3.12. The van der Waals surface area contributed by atoms with Gasteiger partial charge in [0.2, 0.25) is 11.8 Å². The third-order valence-electron chi connectivity index (χ3n) is 4.70. The molecule has 0 amide bonds. The molecule has 2 aromatic carbocycles. The normalized spacial score (nSPS) is 11.2. The van der Waals surface area contributed by atoms with Crippen LogP contribution in [0.2, 0.25) is 0 Å². The summed E-state index contributed by atoms with van der Waals surface area (Å²) in [7, 11) is 0. The van der Waals surface area contributed by atoms with Crippen LogP contribution in [-0.4, -0.2) is 25.1 Å². The average Bonchev–Trinajstić information content (AvgIpc) is 3.46. The maximum absolute atomic E-state index is 13.2. The molecule has 1 N–H and O–H groups in total. The molecule has 5 aromatic rings. The van der Waals surface area contributed by atoms with E-state index in [0.717, 1.165) is 5.56 Å². The smallest absolute Gasteiger partial charge is 0.269 e. The second-order valence-corrected chi connectivity index (χ2v) is 8.62. The number of nitrogens with zero attached hydrogens (tertiary/aromatic N) is 4. The molecule has 0 fully saturated rings. The number of nitrogens with one attached hydrogen (secondary N) is 1. The Morgan fingerprint density at radius 2 is 1.82 bits per heavy atom. The second kappa shape index (κ2) is 8.56. The van der Waals surface area contributed by atoms with E-state index in [4.69, 9.17) is 4.42 Å². The Morgan fingerprint density at radius 3 is 2.55 bits per heavy atom. The first kappa shape index (κ1) is 21.0. The van der Waals surface area contributed by atoms with E-state index in [9.17, 15) is 19.3 Å². The summed E-state index contributed by atoms with van der Waals surface area (Å²) < 4.78 is 18.8. The van der Waals surface area contributed by atoms with Gasteiger partial charge in [0.25, 0.3) is 11.2 Å². The predicted octanol–water partition coefficient (Wildman–Crippen LogP) is 5.04. The minimum atomic E-state index is -0.486. The fraction of sp³-hybridized carbons (Fsp3) is 0.0476. The molecule has 0 aliphatic rings. The van der Waals surface area contributed by atoms with E-state index in [1.165, 1.54) is 59.5 Å². The van der Waals surface area contributed by atoms with Crippen molar-refractivity contribution in [1.82, 2.24) is 20.2 Å². The molecule has 0 saturated carbocycles. The zero-order chi connectivity index (χ0) is 22.9. The highest BCUT2D eigenvalue weighted by atomic mass is 32.2. The van der Waals surface area contributed by atoms with Crippen LogP contribution in [-0.2, 0) is 5.75 Å². The monoisotopic (exact) mass is 481 g/mol. The molecular weight excluding hydrogens is 469 g/mol. The summed E-state index contributed by atoms with van der Waals surface area (Å²) in [6.07, 6.45) is 0. The van der Waals surface area contributed by atoms with Crippen molar-refractivity contribution in [3.05, 3.63) is 86.1 Å². The van der Waals surface area contributed by atoms with Crippen molar-refractivity contribution in [3.63, 3.8) is 0 Å². The number of hydrogen-bond donors (Lipinski definition) is 1. The number of halogens is 1. The van der Waals surface area contributed by atoms with Crippen molar-refractivity contribution in [2.45, 2.75) is 10.9 Å². The van der Waals surface area contributed by atoms with E-state index in [1.807, 2.05) is 5.38 Å². The van der Waals surface area contributed by atoms with Gasteiger partial charge in [-0.15, -0.1) is 21.5 Å². The van der Waals surface area contributed by atoms with Gasteiger partial charge in [-0.2, -0.15) is 0 Å². The molecule has 0 aliphatic carbocycles. The van der Waals surface area contributed by atoms with Gasteiger partial charge in [0, 0.05) is 28.6 Å². The summed E-state index contributed by atoms with van der Waals surface area (Å²) in [4.78, 5) is 30.8. The number of rotatable bonds is 6. The van der Waals surface area contributed by atoms with Crippen LogP contribution in [0.15, 0.2) is 68.3 Å². The van der Waals surface area contributed by atoms with Gasteiger partial charge in [-0.1, -0.05) is 23.9 Å². The van der Waals surface area contributed by atoms with Gasteiger partial charge in [-0.05, 0) is 29.8 Å². The maximum Gasteiger partial charge on any atom is 0.269 e. The molecule has 0 radical (unpaired) electrons. The van der Waals surface area contributed by atoms with Crippen LogP contribution in [0.5, 0.6) is 0 Å². The molecule has 0 unspecified atom stereocenters. The minimum Gasteiger partial charge on any atom is -0.420 e. The number of aromatic amines is 1. The molecule has 164 valence electrons. The maximum atomic E-state index is 13.2. The number of non-ortho nitro benzene ring substituents is 1. The van der Waals surface area contributed by atoms with E-state index >= 15 is 0 Å². The standard InChI is InChI=1S/C21H12FN5O4S2/c22-13-5-1-11(2-6-13)15-9-32-20-17(15)18(28)23-21(24-20)33-10-16-25-26-19(31-16)12-3-7-14(8-4-12)27(29)30/h1-9H,10H2,(H,23,24,28). The average molecular weight is 481 g/mol. The largest absolute Gasteiger partial charge is 0.420 e. The fourth-order valence-corrected chi connectivity index (χ4v) is 4.83. The molecular formula is C21H12FN5O4S2.